The van der Waals surface area contributed by atoms with E-state index in [1.807, 2.05) is 5.32 Å². The van der Waals surface area contributed by atoms with Crippen molar-refractivity contribution in [3.8, 4) is 0 Å². The highest BCUT2D eigenvalue weighted by Gasteiger charge is 2.35. The Bertz CT molecular complexity index is 896. The predicted octanol–water partition coefficient (Wildman–Crippen LogP) is 3.72. The summed E-state index contributed by atoms with van der Waals surface area (Å²) in [5.41, 5.74) is -1.85. The number of nitrogens with zero attached hydrogens (tertiary/aromatic N) is 1. The highest BCUT2D eigenvalue weighted by atomic mass is 19.4. The summed E-state index contributed by atoms with van der Waals surface area (Å²) in [6.07, 6.45) is -4.92. The third kappa shape index (κ3) is 5.27. The van der Waals surface area contributed by atoms with Gasteiger partial charge in [0.2, 0.25) is 0 Å². The Hall–Kier alpha value is -3.43. The van der Waals surface area contributed by atoms with Crippen LogP contribution in [-0.2, 0) is 15.7 Å². The van der Waals surface area contributed by atoms with Gasteiger partial charge in [-0.25, -0.2) is 4.79 Å². The Morgan fingerprint density at radius 1 is 1.19 bits per heavy atom. The molecule has 0 radical (unpaired) electrons. The van der Waals surface area contributed by atoms with Gasteiger partial charge >= 0.3 is 12.1 Å². The van der Waals surface area contributed by atoms with Crippen LogP contribution in [0.4, 0.5) is 24.5 Å². The number of carbonyl (C=O) groups excluding carboxylic acids is 2. The molecular formula is C17H13F3N2O5. The maximum Gasteiger partial charge on any atom is 0.418 e. The summed E-state index contributed by atoms with van der Waals surface area (Å²) >= 11 is 0. The fourth-order valence-electron chi connectivity index (χ4n) is 2.16. The summed E-state index contributed by atoms with van der Waals surface area (Å²) in [6.45, 7) is 0.928. The number of halogens is 3. The van der Waals surface area contributed by atoms with Crippen molar-refractivity contribution in [1.29, 1.82) is 0 Å². The van der Waals surface area contributed by atoms with E-state index in [0.29, 0.717) is 6.07 Å². The molecule has 10 heteroatoms. The lowest BCUT2D eigenvalue weighted by Gasteiger charge is -2.13. The summed E-state index contributed by atoms with van der Waals surface area (Å²) < 4.78 is 43.9. The zero-order valence-corrected chi connectivity index (χ0v) is 13.9. The van der Waals surface area contributed by atoms with Crippen LogP contribution in [0, 0.1) is 17.0 Å². The van der Waals surface area contributed by atoms with Crippen LogP contribution in [0.2, 0.25) is 0 Å². The van der Waals surface area contributed by atoms with Crippen molar-refractivity contribution >= 4 is 23.3 Å². The number of aryl methyl sites for hydroxylation is 1. The average molecular weight is 382 g/mol. The van der Waals surface area contributed by atoms with Crippen LogP contribution in [0.5, 0.6) is 0 Å². The van der Waals surface area contributed by atoms with E-state index in [2.05, 4.69) is 0 Å². The predicted molar refractivity (Wildman–Crippen MR) is 88.2 cm³/mol. The van der Waals surface area contributed by atoms with Crippen molar-refractivity contribution in [3.63, 3.8) is 0 Å². The van der Waals surface area contributed by atoms with Crippen LogP contribution in [-0.4, -0.2) is 23.4 Å². The van der Waals surface area contributed by atoms with E-state index in [1.165, 1.54) is 12.1 Å². The van der Waals surface area contributed by atoms with Crippen LogP contribution in [0.15, 0.2) is 42.5 Å². The average Bonchev–Trinajstić information content (AvgIpc) is 2.58. The largest absolute Gasteiger partial charge is 0.452 e. The fourth-order valence-corrected chi connectivity index (χ4v) is 2.16. The minimum atomic E-state index is -4.92. The van der Waals surface area contributed by atoms with Gasteiger partial charge in [0.1, 0.15) is 0 Å². The van der Waals surface area contributed by atoms with Crippen LogP contribution in [0.1, 0.15) is 21.5 Å². The van der Waals surface area contributed by atoms with Crippen molar-refractivity contribution in [2.45, 2.75) is 13.1 Å². The zero-order valence-electron chi connectivity index (χ0n) is 13.9. The Kier molecular flexibility index (Phi) is 5.78. The van der Waals surface area contributed by atoms with Gasteiger partial charge in [0.05, 0.1) is 21.7 Å². The molecule has 0 unspecified atom stereocenters. The minimum Gasteiger partial charge on any atom is -0.452 e. The zero-order chi connectivity index (χ0) is 20.2. The Morgan fingerprint density at radius 2 is 1.89 bits per heavy atom. The molecule has 1 amide bonds. The summed E-state index contributed by atoms with van der Waals surface area (Å²) in [5, 5.41) is 12.6. The summed E-state index contributed by atoms with van der Waals surface area (Å²) in [4.78, 5) is 33.3. The molecule has 7 nitrogen and oxygen atoms in total. The van der Waals surface area contributed by atoms with Gasteiger partial charge in [-0.1, -0.05) is 17.7 Å². The number of hydrogen-bond acceptors (Lipinski definition) is 5. The van der Waals surface area contributed by atoms with Crippen LogP contribution in [0.25, 0.3) is 0 Å². The lowest BCUT2D eigenvalue weighted by atomic mass is 10.1. The Labute approximate surface area is 150 Å². The summed E-state index contributed by atoms with van der Waals surface area (Å²) in [7, 11) is 0. The molecule has 0 aliphatic rings. The van der Waals surface area contributed by atoms with Gasteiger partial charge in [0.15, 0.2) is 6.61 Å². The number of esters is 1. The number of amides is 1. The second-order valence-electron chi connectivity index (χ2n) is 5.48. The number of nitro groups is 1. The molecule has 0 spiro atoms. The first kappa shape index (κ1) is 19.9. The molecule has 0 fully saturated rings. The Morgan fingerprint density at radius 3 is 2.48 bits per heavy atom. The van der Waals surface area contributed by atoms with E-state index in [1.54, 1.807) is 19.1 Å². The van der Waals surface area contributed by atoms with Crippen molar-refractivity contribution in [3.05, 3.63) is 69.3 Å². The van der Waals surface area contributed by atoms with Gasteiger partial charge in [0.25, 0.3) is 11.6 Å². The number of nitrogens with one attached hydrogen (secondary N) is 1. The fraction of sp³-hybridized carbons (Fsp3) is 0.176. The van der Waals surface area contributed by atoms with Gasteiger partial charge < -0.3 is 10.1 Å². The summed E-state index contributed by atoms with van der Waals surface area (Å²) in [5.74, 6) is -1.83. The molecular weight excluding hydrogens is 369 g/mol. The molecule has 0 heterocycles. The number of nitro benzene ring substituents is 1. The topological polar surface area (TPSA) is 98.5 Å². The lowest BCUT2D eigenvalue weighted by molar-refractivity contribution is -0.385. The molecule has 0 atom stereocenters. The van der Waals surface area contributed by atoms with Crippen molar-refractivity contribution in [2.24, 2.45) is 0 Å². The third-order valence-electron chi connectivity index (χ3n) is 3.38. The van der Waals surface area contributed by atoms with Crippen LogP contribution < -0.4 is 5.32 Å². The van der Waals surface area contributed by atoms with Gasteiger partial charge in [-0.3, -0.25) is 14.9 Å². The smallest absolute Gasteiger partial charge is 0.418 e. The monoisotopic (exact) mass is 382 g/mol. The number of rotatable bonds is 5. The van der Waals surface area contributed by atoms with E-state index < -0.39 is 46.5 Å². The molecule has 0 aliphatic heterocycles. The standard InChI is InChI=1S/C17H13F3N2O5/c1-10-3-2-4-11(7-10)16(24)27-9-15(23)21-14-6-5-12(22(25)26)8-13(14)17(18,19)20/h2-8H,9H2,1H3,(H,21,23). The van der Waals surface area contributed by atoms with Crippen molar-refractivity contribution in [2.75, 3.05) is 11.9 Å². The number of carbonyl (C=O) groups is 2. The number of non-ortho nitro benzene ring substituents is 1. The molecule has 0 aromatic heterocycles. The van der Waals surface area contributed by atoms with Crippen molar-refractivity contribution in [1.82, 2.24) is 0 Å². The molecule has 0 saturated carbocycles. The molecule has 2 aromatic carbocycles. The number of benzene rings is 2. The number of alkyl halides is 3. The van der Waals surface area contributed by atoms with E-state index in [0.717, 1.165) is 17.7 Å². The van der Waals surface area contributed by atoms with Gasteiger partial charge in [-0.2, -0.15) is 13.2 Å². The Balaban J connectivity index is 2.09. The normalized spacial score (nSPS) is 11.0. The number of ether oxygens (including phenoxy) is 1. The first-order valence-electron chi connectivity index (χ1n) is 7.47. The first-order valence-corrected chi connectivity index (χ1v) is 7.47. The highest BCUT2D eigenvalue weighted by molar-refractivity contribution is 5.96. The first-order chi connectivity index (χ1) is 12.6. The quantitative estimate of drug-likeness (QED) is 0.483. The van der Waals surface area contributed by atoms with Gasteiger partial charge in [-0.05, 0) is 25.1 Å². The molecule has 142 valence electrons. The molecule has 0 bridgehead atoms. The second kappa shape index (κ2) is 7.85. The molecule has 1 N–H and O–H groups in total. The van der Waals surface area contributed by atoms with Crippen LogP contribution >= 0.6 is 0 Å². The molecule has 0 saturated heterocycles. The molecule has 27 heavy (non-hydrogen) atoms. The van der Waals surface area contributed by atoms with E-state index >= 15 is 0 Å². The van der Waals surface area contributed by atoms with Gasteiger partial charge in [-0.15, -0.1) is 0 Å². The lowest BCUT2D eigenvalue weighted by Crippen LogP contribution is -2.23. The van der Waals surface area contributed by atoms with Gasteiger partial charge in [0, 0.05) is 12.1 Å². The number of anilines is 1. The summed E-state index contributed by atoms with van der Waals surface area (Å²) in [6, 6.07) is 8.25. The molecule has 2 aromatic rings. The molecule has 2 rings (SSSR count). The minimum absolute atomic E-state index is 0.189. The van der Waals surface area contributed by atoms with Crippen molar-refractivity contribution < 1.29 is 32.4 Å². The van der Waals surface area contributed by atoms with E-state index in [4.69, 9.17) is 4.74 Å². The van der Waals surface area contributed by atoms with Crippen LogP contribution in [0.3, 0.4) is 0 Å². The maximum atomic E-state index is 13.1. The third-order valence-corrected chi connectivity index (χ3v) is 3.38. The second-order valence-corrected chi connectivity index (χ2v) is 5.48. The number of hydrogen-bond donors (Lipinski definition) is 1. The SMILES string of the molecule is Cc1cccc(C(=O)OCC(=O)Nc2ccc([N+](=O)[O-])cc2C(F)(F)F)c1. The molecule has 0 aliphatic carbocycles. The van der Waals surface area contributed by atoms with E-state index in [9.17, 15) is 32.9 Å². The highest BCUT2D eigenvalue weighted by Crippen LogP contribution is 2.37. The van der Waals surface area contributed by atoms with E-state index in [-0.39, 0.29) is 5.56 Å². The maximum absolute atomic E-state index is 13.1.